The van der Waals surface area contributed by atoms with Crippen LogP contribution in [0.1, 0.15) is 20.8 Å². The molecule has 0 aliphatic heterocycles. The summed E-state index contributed by atoms with van der Waals surface area (Å²) >= 11 is 0. The monoisotopic (exact) mass is 224 g/mol. The van der Waals surface area contributed by atoms with Gasteiger partial charge in [-0.25, -0.2) is 13.1 Å². The first kappa shape index (κ1) is 13.8. The van der Waals surface area contributed by atoms with E-state index in [0.29, 0.717) is 6.61 Å². The van der Waals surface area contributed by atoms with Crippen LogP contribution in [0.25, 0.3) is 0 Å². The van der Waals surface area contributed by atoms with Crippen LogP contribution in [0, 0.1) is 0 Å². The summed E-state index contributed by atoms with van der Waals surface area (Å²) in [6.07, 6.45) is 0. The predicted octanol–water partition coefficient (Wildman–Crippen LogP) is -0.320. The van der Waals surface area contributed by atoms with Gasteiger partial charge in [0.25, 0.3) is 0 Å². The SMILES string of the molecule is CCOC(C)(C)CNS(=O)(=O)CCN. The van der Waals surface area contributed by atoms with Crippen LogP contribution < -0.4 is 10.5 Å². The Morgan fingerprint density at radius 3 is 2.43 bits per heavy atom. The Bertz CT molecular complexity index is 249. The highest BCUT2D eigenvalue weighted by Gasteiger charge is 2.20. The molecule has 0 heterocycles. The van der Waals surface area contributed by atoms with Gasteiger partial charge in [-0.2, -0.15) is 0 Å². The highest BCUT2D eigenvalue weighted by molar-refractivity contribution is 7.89. The Balaban J connectivity index is 4.04. The Hall–Kier alpha value is -0.170. The van der Waals surface area contributed by atoms with E-state index in [9.17, 15) is 8.42 Å². The van der Waals surface area contributed by atoms with Crippen molar-refractivity contribution in [2.45, 2.75) is 26.4 Å². The molecule has 0 saturated carbocycles. The second-order valence-electron chi connectivity index (χ2n) is 3.62. The van der Waals surface area contributed by atoms with Crippen molar-refractivity contribution < 1.29 is 13.2 Å². The molecule has 5 nitrogen and oxygen atoms in total. The van der Waals surface area contributed by atoms with E-state index in [0.717, 1.165) is 0 Å². The molecule has 0 atom stereocenters. The van der Waals surface area contributed by atoms with Gasteiger partial charge in [-0.3, -0.25) is 0 Å². The summed E-state index contributed by atoms with van der Waals surface area (Å²) in [4.78, 5) is 0. The average molecular weight is 224 g/mol. The van der Waals surface area contributed by atoms with Gasteiger partial charge in [-0.15, -0.1) is 0 Å². The lowest BCUT2D eigenvalue weighted by atomic mass is 10.1. The third-order valence-electron chi connectivity index (χ3n) is 1.64. The lowest BCUT2D eigenvalue weighted by Crippen LogP contribution is -2.42. The zero-order chi connectivity index (χ0) is 11.2. The van der Waals surface area contributed by atoms with Crippen molar-refractivity contribution in [2.75, 3.05) is 25.4 Å². The van der Waals surface area contributed by atoms with Crippen molar-refractivity contribution >= 4 is 10.0 Å². The summed E-state index contributed by atoms with van der Waals surface area (Å²) in [5.41, 5.74) is 4.69. The van der Waals surface area contributed by atoms with Crippen LogP contribution in [-0.4, -0.2) is 39.5 Å². The molecular weight excluding hydrogens is 204 g/mol. The lowest BCUT2D eigenvalue weighted by Gasteiger charge is -2.24. The van der Waals surface area contributed by atoms with E-state index >= 15 is 0 Å². The number of hydrogen-bond donors (Lipinski definition) is 2. The van der Waals surface area contributed by atoms with Crippen LogP contribution >= 0.6 is 0 Å². The third-order valence-corrected chi connectivity index (χ3v) is 3.00. The highest BCUT2D eigenvalue weighted by atomic mass is 32.2. The van der Waals surface area contributed by atoms with Crippen molar-refractivity contribution in [3.8, 4) is 0 Å². The number of hydrogen-bond acceptors (Lipinski definition) is 4. The molecule has 0 amide bonds. The molecule has 0 aromatic rings. The van der Waals surface area contributed by atoms with E-state index in [1.165, 1.54) is 0 Å². The first-order valence-electron chi connectivity index (χ1n) is 4.64. The van der Waals surface area contributed by atoms with Gasteiger partial charge in [0.05, 0.1) is 11.4 Å². The fourth-order valence-electron chi connectivity index (χ4n) is 0.953. The fraction of sp³-hybridized carbons (Fsp3) is 1.00. The first-order valence-corrected chi connectivity index (χ1v) is 6.29. The zero-order valence-electron chi connectivity index (χ0n) is 9.04. The molecule has 0 aromatic heterocycles. The second-order valence-corrected chi connectivity index (χ2v) is 5.55. The molecule has 0 radical (unpaired) electrons. The molecule has 14 heavy (non-hydrogen) atoms. The Morgan fingerprint density at radius 1 is 1.43 bits per heavy atom. The highest BCUT2D eigenvalue weighted by Crippen LogP contribution is 2.07. The van der Waals surface area contributed by atoms with E-state index in [4.69, 9.17) is 10.5 Å². The molecule has 0 spiro atoms. The van der Waals surface area contributed by atoms with Crippen LogP contribution in [0.5, 0.6) is 0 Å². The summed E-state index contributed by atoms with van der Waals surface area (Å²) < 4.78 is 30.3. The van der Waals surface area contributed by atoms with Gasteiger partial charge in [-0.05, 0) is 20.8 Å². The molecule has 6 heteroatoms. The van der Waals surface area contributed by atoms with Crippen molar-refractivity contribution in [2.24, 2.45) is 5.73 Å². The van der Waals surface area contributed by atoms with E-state index in [1.54, 1.807) is 0 Å². The Kier molecular flexibility index (Phi) is 5.58. The van der Waals surface area contributed by atoms with Crippen molar-refractivity contribution in [1.29, 1.82) is 0 Å². The summed E-state index contributed by atoms with van der Waals surface area (Å²) in [6, 6.07) is 0. The summed E-state index contributed by atoms with van der Waals surface area (Å²) in [6.45, 7) is 6.50. The molecule has 0 aromatic carbocycles. The molecule has 86 valence electrons. The van der Waals surface area contributed by atoms with E-state index < -0.39 is 15.6 Å². The quantitative estimate of drug-likeness (QED) is 0.621. The average Bonchev–Trinajstić information content (AvgIpc) is 2.01. The third kappa shape index (κ3) is 6.31. The van der Waals surface area contributed by atoms with Gasteiger partial charge >= 0.3 is 0 Å². The molecule has 0 unspecified atom stereocenters. The minimum absolute atomic E-state index is 0.0464. The van der Waals surface area contributed by atoms with Crippen LogP contribution in [0.15, 0.2) is 0 Å². The smallest absolute Gasteiger partial charge is 0.212 e. The van der Waals surface area contributed by atoms with Crippen LogP contribution in [0.2, 0.25) is 0 Å². The largest absolute Gasteiger partial charge is 0.375 e. The first-order chi connectivity index (χ1) is 6.33. The molecule has 3 N–H and O–H groups in total. The maximum absolute atomic E-state index is 11.2. The summed E-state index contributed by atoms with van der Waals surface area (Å²) in [5.74, 6) is -0.0464. The van der Waals surface area contributed by atoms with Gasteiger partial charge < -0.3 is 10.5 Å². The van der Waals surface area contributed by atoms with Gasteiger partial charge in [0.2, 0.25) is 10.0 Å². The topological polar surface area (TPSA) is 81.4 Å². The zero-order valence-corrected chi connectivity index (χ0v) is 9.86. The lowest BCUT2D eigenvalue weighted by molar-refractivity contribution is -0.00514. The molecule has 0 saturated heterocycles. The second kappa shape index (κ2) is 5.65. The summed E-state index contributed by atoms with van der Waals surface area (Å²) in [5, 5.41) is 0. The van der Waals surface area contributed by atoms with Gasteiger partial charge in [0.15, 0.2) is 0 Å². The normalized spacial score (nSPS) is 13.1. The minimum atomic E-state index is -3.24. The van der Waals surface area contributed by atoms with Crippen molar-refractivity contribution in [1.82, 2.24) is 4.72 Å². The fourth-order valence-corrected chi connectivity index (χ4v) is 1.97. The minimum Gasteiger partial charge on any atom is -0.375 e. The van der Waals surface area contributed by atoms with Gasteiger partial charge in [-0.1, -0.05) is 0 Å². The molecule has 0 rings (SSSR count). The van der Waals surface area contributed by atoms with Gasteiger partial charge in [0.1, 0.15) is 0 Å². The maximum Gasteiger partial charge on any atom is 0.212 e. The van der Waals surface area contributed by atoms with Crippen molar-refractivity contribution in [3.05, 3.63) is 0 Å². The van der Waals surface area contributed by atoms with Crippen LogP contribution in [0.3, 0.4) is 0 Å². The Morgan fingerprint density at radius 2 is 2.00 bits per heavy atom. The van der Waals surface area contributed by atoms with Crippen LogP contribution in [-0.2, 0) is 14.8 Å². The number of sulfonamides is 1. The molecule has 0 bridgehead atoms. The molecule has 0 aliphatic rings. The number of nitrogens with two attached hydrogens (primary N) is 1. The molecule has 0 aliphatic carbocycles. The molecular formula is C8H20N2O3S. The Labute approximate surface area is 86.1 Å². The van der Waals surface area contributed by atoms with Crippen molar-refractivity contribution in [3.63, 3.8) is 0 Å². The maximum atomic E-state index is 11.2. The van der Waals surface area contributed by atoms with E-state index in [2.05, 4.69) is 4.72 Å². The van der Waals surface area contributed by atoms with E-state index in [-0.39, 0.29) is 18.8 Å². The predicted molar refractivity (Wildman–Crippen MR) is 56.5 cm³/mol. The number of ether oxygens (including phenoxy) is 1. The summed E-state index contributed by atoms with van der Waals surface area (Å²) in [7, 11) is -3.24. The molecule has 0 fully saturated rings. The van der Waals surface area contributed by atoms with Crippen LogP contribution in [0.4, 0.5) is 0 Å². The number of rotatable bonds is 7. The number of nitrogens with one attached hydrogen (secondary N) is 1. The van der Waals surface area contributed by atoms with E-state index in [1.807, 2.05) is 20.8 Å². The standard InChI is InChI=1S/C8H20N2O3S/c1-4-13-8(2,3)7-10-14(11,12)6-5-9/h10H,4-7,9H2,1-3H3. The van der Waals surface area contributed by atoms with Gasteiger partial charge in [0, 0.05) is 19.7 Å².